The van der Waals surface area contributed by atoms with Crippen LogP contribution in [0.5, 0.6) is 0 Å². The van der Waals surface area contributed by atoms with Crippen LogP contribution < -0.4 is 0 Å². The fourth-order valence-corrected chi connectivity index (χ4v) is 2.51. The summed E-state index contributed by atoms with van der Waals surface area (Å²) in [6.07, 6.45) is 6.55. The number of aliphatic hydroxyl groups is 1. The summed E-state index contributed by atoms with van der Waals surface area (Å²) >= 11 is 0. The summed E-state index contributed by atoms with van der Waals surface area (Å²) in [6.45, 7) is 1.15. The van der Waals surface area contributed by atoms with E-state index in [1.807, 2.05) is 35.0 Å². The van der Waals surface area contributed by atoms with Gasteiger partial charge in [-0.15, -0.1) is 0 Å². The van der Waals surface area contributed by atoms with Crippen LogP contribution in [-0.2, 0) is 0 Å². The monoisotopic (exact) mass is 271 g/mol. The van der Waals surface area contributed by atoms with Crippen molar-refractivity contribution in [3.05, 3.63) is 48.5 Å². The lowest BCUT2D eigenvalue weighted by molar-refractivity contribution is 0.0474. The van der Waals surface area contributed by atoms with E-state index < -0.39 is 6.10 Å². The molecule has 0 aliphatic carbocycles. The highest BCUT2D eigenvalue weighted by molar-refractivity contribution is 5.94. The minimum Gasteiger partial charge on any atom is -0.391 e. The Kier molecular flexibility index (Phi) is 3.52. The number of imidazole rings is 1. The van der Waals surface area contributed by atoms with Crippen LogP contribution in [0.15, 0.2) is 43.0 Å². The molecule has 1 atom stereocenters. The quantitative estimate of drug-likeness (QED) is 0.900. The zero-order valence-electron chi connectivity index (χ0n) is 11.1. The SMILES string of the molecule is O=C(c1ccc(-n2ccnc2)cc1)N1CCCC(O)C1. The highest BCUT2D eigenvalue weighted by Gasteiger charge is 2.22. The summed E-state index contributed by atoms with van der Waals surface area (Å²) in [5.41, 5.74) is 1.63. The number of aromatic nitrogens is 2. The number of rotatable bonds is 2. The van der Waals surface area contributed by atoms with Gasteiger partial charge in [0.05, 0.1) is 12.4 Å². The second kappa shape index (κ2) is 5.46. The summed E-state index contributed by atoms with van der Waals surface area (Å²) in [5, 5.41) is 9.64. The number of hydrogen-bond donors (Lipinski definition) is 1. The third-order valence-electron chi connectivity index (χ3n) is 3.60. The van der Waals surface area contributed by atoms with Crippen molar-refractivity contribution >= 4 is 5.91 Å². The third kappa shape index (κ3) is 2.58. The Labute approximate surface area is 117 Å². The van der Waals surface area contributed by atoms with Gasteiger partial charge in [-0.3, -0.25) is 4.79 Å². The van der Waals surface area contributed by atoms with Crippen molar-refractivity contribution in [2.45, 2.75) is 18.9 Å². The maximum absolute atomic E-state index is 12.3. The van der Waals surface area contributed by atoms with Gasteiger partial charge in [-0.25, -0.2) is 4.98 Å². The van der Waals surface area contributed by atoms with E-state index in [-0.39, 0.29) is 5.91 Å². The van der Waals surface area contributed by atoms with Gasteiger partial charge in [0.2, 0.25) is 0 Å². The molecule has 3 rings (SSSR count). The molecule has 1 aliphatic heterocycles. The molecule has 5 nitrogen and oxygen atoms in total. The van der Waals surface area contributed by atoms with Crippen molar-refractivity contribution in [1.29, 1.82) is 0 Å². The van der Waals surface area contributed by atoms with Crippen molar-refractivity contribution in [2.75, 3.05) is 13.1 Å². The van der Waals surface area contributed by atoms with Gasteiger partial charge in [-0.1, -0.05) is 0 Å². The Morgan fingerprint density at radius 3 is 2.75 bits per heavy atom. The van der Waals surface area contributed by atoms with Crippen molar-refractivity contribution in [3.8, 4) is 5.69 Å². The van der Waals surface area contributed by atoms with Gasteiger partial charge in [0.25, 0.3) is 5.91 Å². The Morgan fingerprint density at radius 2 is 2.10 bits per heavy atom. The average Bonchev–Trinajstić information content (AvgIpc) is 3.01. The zero-order valence-corrected chi connectivity index (χ0v) is 11.1. The predicted octanol–water partition coefficient (Wildman–Crippen LogP) is 1.47. The van der Waals surface area contributed by atoms with Crippen LogP contribution in [0.25, 0.3) is 5.69 Å². The number of hydrogen-bond acceptors (Lipinski definition) is 3. The molecule has 0 spiro atoms. The van der Waals surface area contributed by atoms with E-state index in [1.54, 1.807) is 17.4 Å². The topological polar surface area (TPSA) is 58.4 Å². The number of benzene rings is 1. The van der Waals surface area contributed by atoms with E-state index in [0.717, 1.165) is 25.1 Å². The first-order valence-corrected chi connectivity index (χ1v) is 6.80. The molecule has 1 aromatic heterocycles. The normalized spacial score (nSPS) is 19.1. The number of piperidine rings is 1. The smallest absolute Gasteiger partial charge is 0.253 e. The van der Waals surface area contributed by atoms with Gasteiger partial charge < -0.3 is 14.6 Å². The molecule has 0 saturated carbocycles. The molecule has 104 valence electrons. The number of nitrogens with zero attached hydrogens (tertiary/aromatic N) is 3. The Morgan fingerprint density at radius 1 is 1.30 bits per heavy atom. The summed E-state index contributed by atoms with van der Waals surface area (Å²) < 4.78 is 1.89. The Balaban J connectivity index is 1.75. The largest absolute Gasteiger partial charge is 0.391 e. The summed E-state index contributed by atoms with van der Waals surface area (Å²) in [4.78, 5) is 18.1. The van der Waals surface area contributed by atoms with Gasteiger partial charge in [-0.2, -0.15) is 0 Å². The number of β-amino-alcohol motifs (C(OH)–C–C–N with tert-alkyl or cyclic N) is 1. The van der Waals surface area contributed by atoms with Crippen molar-refractivity contribution < 1.29 is 9.90 Å². The van der Waals surface area contributed by atoms with E-state index in [0.29, 0.717) is 12.1 Å². The van der Waals surface area contributed by atoms with Crippen LogP contribution in [0.4, 0.5) is 0 Å². The van der Waals surface area contributed by atoms with Gasteiger partial charge in [0.15, 0.2) is 0 Å². The zero-order chi connectivity index (χ0) is 13.9. The van der Waals surface area contributed by atoms with Crippen LogP contribution in [0, 0.1) is 0 Å². The predicted molar refractivity (Wildman–Crippen MR) is 74.7 cm³/mol. The molecule has 20 heavy (non-hydrogen) atoms. The van der Waals surface area contributed by atoms with Gasteiger partial charge >= 0.3 is 0 Å². The lowest BCUT2D eigenvalue weighted by atomic mass is 10.1. The molecule has 0 bridgehead atoms. The van der Waals surface area contributed by atoms with E-state index in [9.17, 15) is 9.90 Å². The van der Waals surface area contributed by atoms with E-state index in [1.165, 1.54) is 0 Å². The molecule has 2 aromatic rings. The minimum absolute atomic E-state index is 0.0130. The molecule has 1 N–H and O–H groups in total. The molecule has 1 amide bonds. The second-order valence-corrected chi connectivity index (χ2v) is 5.06. The van der Waals surface area contributed by atoms with Crippen LogP contribution in [-0.4, -0.2) is 44.7 Å². The van der Waals surface area contributed by atoms with Crippen LogP contribution in [0.3, 0.4) is 0 Å². The van der Waals surface area contributed by atoms with Gasteiger partial charge in [-0.05, 0) is 37.1 Å². The number of carbonyl (C=O) groups excluding carboxylic acids is 1. The maximum atomic E-state index is 12.3. The summed E-state index contributed by atoms with van der Waals surface area (Å²) in [5.74, 6) is -0.0130. The first kappa shape index (κ1) is 12.9. The highest BCUT2D eigenvalue weighted by Crippen LogP contribution is 2.15. The molecule has 0 radical (unpaired) electrons. The number of amides is 1. The van der Waals surface area contributed by atoms with Crippen molar-refractivity contribution in [1.82, 2.24) is 14.5 Å². The number of aliphatic hydroxyl groups excluding tert-OH is 1. The number of likely N-dealkylation sites (tertiary alicyclic amines) is 1. The van der Waals surface area contributed by atoms with Gasteiger partial charge in [0, 0.05) is 36.7 Å². The van der Waals surface area contributed by atoms with Crippen molar-refractivity contribution in [3.63, 3.8) is 0 Å². The second-order valence-electron chi connectivity index (χ2n) is 5.06. The lowest BCUT2D eigenvalue weighted by Gasteiger charge is -2.30. The molecule has 1 unspecified atom stereocenters. The molecule has 1 aliphatic rings. The Hall–Kier alpha value is -2.14. The van der Waals surface area contributed by atoms with Crippen LogP contribution >= 0.6 is 0 Å². The highest BCUT2D eigenvalue weighted by atomic mass is 16.3. The van der Waals surface area contributed by atoms with E-state index in [2.05, 4.69) is 4.98 Å². The first-order chi connectivity index (χ1) is 9.74. The van der Waals surface area contributed by atoms with Crippen LogP contribution in [0.2, 0.25) is 0 Å². The molecule has 2 heterocycles. The summed E-state index contributed by atoms with van der Waals surface area (Å²) in [7, 11) is 0. The fraction of sp³-hybridized carbons (Fsp3) is 0.333. The minimum atomic E-state index is -0.391. The molecular weight excluding hydrogens is 254 g/mol. The van der Waals surface area contributed by atoms with E-state index >= 15 is 0 Å². The van der Waals surface area contributed by atoms with Gasteiger partial charge in [0.1, 0.15) is 0 Å². The molecule has 5 heteroatoms. The molecule has 1 aromatic carbocycles. The molecular formula is C15H17N3O2. The Bertz CT molecular complexity index is 578. The van der Waals surface area contributed by atoms with Crippen LogP contribution in [0.1, 0.15) is 23.2 Å². The number of carbonyl (C=O) groups is 1. The average molecular weight is 271 g/mol. The van der Waals surface area contributed by atoms with E-state index in [4.69, 9.17) is 0 Å². The standard InChI is InChI=1S/C15H17N3O2/c19-14-2-1-8-17(10-14)15(20)12-3-5-13(6-4-12)18-9-7-16-11-18/h3-7,9,11,14,19H,1-2,8,10H2. The maximum Gasteiger partial charge on any atom is 0.253 e. The third-order valence-corrected chi connectivity index (χ3v) is 3.60. The van der Waals surface area contributed by atoms with Crippen molar-refractivity contribution in [2.24, 2.45) is 0 Å². The summed E-state index contributed by atoms with van der Waals surface area (Å²) in [6, 6.07) is 7.43. The first-order valence-electron chi connectivity index (χ1n) is 6.80. The molecule has 1 fully saturated rings. The fourth-order valence-electron chi connectivity index (χ4n) is 2.51. The molecule has 1 saturated heterocycles. The lowest BCUT2D eigenvalue weighted by Crippen LogP contribution is -2.42.